The lowest BCUT2D eigenvalue weighted by Crippen LogP contribution is -1.81. The van der Waals surface area contributed by atoms with Crippen LogP contribution in [0.2, 0.25) is 0 Å². The van der Waals surface area contributed by atoms with Gasteiger partial charge in [-0.1, -0.05) is 12.7 Å². The van der Waals surface area contributed by atoms with E-state index < -0.39 is 5.82 Å². The highest BCUT2D eigenvalue weighted by Gasteiger charge is 2.03. The zero-order valence-corrected chi connectivity index (χ0v) is 7.23. The molecule has 1 aromatic carbocycles. The summed E-state index contributed by atoms with van der Waals surface area (Å²) in [6, 6.07) is 2.51. The van der Waals surface area contributed by atoms with Crippen LogP contribution in [-0.2, 0) is 0 Å². The van der Waals surface area contributed by atoms with Crippen molar-refractivity contribution in [2.24, 2.45) is 0 Å². The van der Waals surface area contributed by atoms with Gasteiger partial charge in [0.25, 0.3) is 0 Å². The minimum absolute atomic E-state index is 0.0151. The van der Waals surface area contributed by atoms with E-state index in [2.05, 4.69) is 22.5 Å². The van der Waals surface area contributed by atoms with Crippen molar-refractivity contribution in [3.8, 4) is 5.75 Å². The van der Waals surface area contributed by atoms with Crippen molar-refractivity contribution in [3.05, 3.63) is 34.6 Å². The highest BCUT2D eigenvalue weighted by atomic mass is 79.9. The van der Waals surface area contributed by atoms with Gasteiger partial charge in [0, 0.05) is 5.56 Å². The number of aromatic hydroxyl groups is 1. The molecule has 0 aromatic heterocycles. The van der Waals surface area contributed by atoms with Crippen LogP contribution in [0.3, 0.4) is 0 Å². The van der Waals surface area contributed by atoms with Gasteiger partial charge in [0.1, 0.15) is 11.6 Å². The lowest BCUT2D eigenvalue weighted by atomic mass is 10.2. The van der Waals surface area contributed by atoms with Gasteiger partial charge in [-0.15, -0.1) is 0 Å². The topological polar surface area (TPSA) is 20.2 Å². The second kappa shape index (κ2) is 3.05. The van der Waals surface area contributed by atoms with Gasteiger partial charge in [0.15, 0.2) is 0 Å². The Balaban J connectivity index is 3.31. The van der Waals surface area contributed by atoms with Crippen LogP contribution >= 0.6 is 15.9 Å². The van der Waals surface area contributed by atoms with E-state index in [0.717, 1.165) is 0 Å². The molecule has 58 valence electrons. The predicted molar refractivity (Wildman–Crippen MR) is 45.9 cm³/mol. The fourth-order valence-electron chi connectivity index (χ4n) is 0.710. The number of hydrogen-bond acceptors (Lipinski definition) is 1. The van der Waals surface area contributed by atoms with Crippen LogP contribution in [0, 0.1) is 5.82 Å². The quantitative estimate of drug-likeness (QED) is 0.766. The van der Waals surface area contributed by atoms with E-state index in [4.69, 9.17) is 5.11 Å². The van der Waals surface area contributed by atoms with Crippen LogP contribution in [0.15, 0.2) is 23.2 Å². The molecule has 0 unspecified atom stereocenters. The van der Waals surface area contributed by atoms with Crippen molar-refractivity contribution < 1.29 is 9.50 Å². The minimum atomic E-state index is -0.398. The maximum atomic E-state index is 12.8. The SMILES string of the molecule is C=Cc1cc(O)c(Br)cc1F. The largest absolute Gasteiger partial charge is 0.507 e. The number of phenols is 1. The summed E-state index contributed by atoms with van der Waals surface area (Å²) in [4.78, 5) is 0. The van der Waals surface area contributed by atoms with E-state index in [9.17, 15) is 4.39 Å². The highest BCUT2D eigenvalue weighted by molar-refractivity contribution is 9.10. The Bertz CT molecular complexity index is 296. The molecule has 1 nitrogen and oxygen atoms in total. The van der Waals surface area contributed by atoms with E-state index >= 15 is 0 Å². The molecular formula is C8H6BrFO. The molecular weight excluding hydrogens is 211 g/mol. The van der Waals surface area contributed by atoms with Crippen LogP contribution in [0.5, 0.6) is 5.75 Å². The lowest BCUT2D eigenvalue weighted by Gasteiger charge is -1.99. The van der Waals surface area contributed by atoms with Crippen LogP contribution in [0.1, 0.15) is 5.56 Å². The smallest absolute Gasteiger partial charge is 0.131 e. The molecule has 0 aliphatic rings. The van der Waals surface area contributed by atoms with Crippen molar-refractivity contribution in [2.75, 3.05) is 0 Å². The van der Waals surface area contributed by atoms with Gasteiger partial charge < -0.3 is 5.11 Å². The van der Waals surface area contributed by atoms with Crippen LogP contribution in [0.25, 0.3) is 6.08 Å². The molecule has 11 heavy (non-hydrogen) atoms. The molecule has 3 heteroatoms. The summed E-state index contributed by atoms with van der Waals surface area (Å²) in [5.41, 5.74) is 0.297. The molecule has 1 rings (SSSR count). The van der Waals surface area contributed by atoms with Crippen LogP contribution in [0.4, 0.5) is 4.39 Å². The molecule has 0 fully saturated rings. The molecule has 0 aliphatic heterocycles. The van der Waals surface area contributed by atoms with Crippen molar-refractivity contribution in [1.29, 1.82) is 0 Å². The molecule has 0 aliphatic carbocycles. The zero-order valence-electron chi connectivity index (χ0n) is 5.64. The van der Waals surface area contributed by atoms with E-state index in [1.807, 2.05) is 0 Å². The standard InChI is InChI=1S/C8H6BrFO/c1-2-5-3-8(11)6(9)4-7(5)10/h2-4,11H,1H2. The second-order valence-corrected chi connectivity index (χ2v) is 2.88. The van der Waals surface area contributed by atoms with Gasteiger partial charge in [0.2, 0.25) is 0 Å². The molecule has 0 bridgehead atoms. The van der Waals surface area contributed by atoms with Gasteiger partial charge >= 0.3 is 0 Å². The Morgan fingerprint density at radius 2 is 2.18 bits per heavy atom. The fourth-order valence-corrected chi connectivity index (χ4v) is 1.03. The average Bonchev–Trinajstić information content (AvgIpc) is 1.97. The predicted octanol–water partition coefficient (Wildman–Crippen LogP) is 2.94. The average molecular weight is 217 g/mol. The Morgan fingerprint density at radius 3 is 2.73 bits per heavy atom. The summed E-state index contributed by atoms with van der Waals surface area (Å²) in [5, 5.41) is 9.09. The summed E-state index contributed by atoms with van der Waals surface area (Å²) in [7, 11) is 0. The summed E-state index contributed by atoms with van der Waals surface area (Å²) in [6.07, 6.45) is 1.35. The van der Waals surface area contributed by atoms with Gasteiger partial charge in [0.05, 0.1) is 4.47 Å². The molecule has 0 saturated heterocycles. The maximum Gasteiger partial charge on any atom is 0.131 e. The number of hydrogen-bond donors (Lipinski definition) is 1. The monoisotopic (exact) mass is 216 g/mol. The molecule has 0 spiro atoms. The number of halogens is 2. The molecule has 0 saturated carbocycles. The van der Waals surface area contributed by atoms with E-state index in [1.165, 1.54) is 18.2 Å². The van der Waals surface area contributed by atoms with Gasteiger partial charge in [-0.2, -0.15) is 0 Å². The first-order valence-electron chi connectivity index (χ1n) is 2.95. The third-order valence-corrected chi connectivity index (χ3v) is 1.92. The van der Waals surface area contributed by atoms with E-state index in [1.54, 1.807) is 0 Å². The fraction of sp³-hybridized carbons (Fsp3) is 0. The number of benzene rings is 1. The highest BCUT2D eigenvalue weighted by Crippen LogP contribution is 2.26. The van der Waals surface area contributed by atoms with Crippen molar-refractivity contribution in [1.82, 2.24) is 0 Å². The minimum Gasteiger partial charge on any atom is -0.507 e. The van der Waals surface area contributed by atoms with Crippen molar-refractivity contribution in [2.45, 2.75) is 0 Å². The third-order valence-electron chi connectivity index (χ3n) is 1.29. The summed E-state index contributed by atoms with van der Waals surface area (Å²) in [5.74, 6) is -0.383. The van der Waals surface area contributed by atoms with Gasteiger partial charge in [-0.05, 0) is 28.1 Å². The maximum absolute atomic E-state index is 12.8. The first-order chi connectivity index (χ1) is 5.15. The third kappa shape index (κ3) is 1.60. The Kier molecular flexibility index (Phi) is 2.29. The molecule has 1 N–H and O–H groups in total. The zero-order chi connectivity index (χ0) is 8.43. The summed E-state index contributed by atoms with van der Waals surface area (Å²) in [6.45, 7) is 3.40. The Labute approximate surface area is 72.3 Å². The number of phenolic OH excluding ortho intramolecular Hbond substituents is 1. The second-order valence-electron chi connectivity index (χ2n) is 2.03. The van der Waals surface area contributed by atoms with E-state index in [0.29, 0.717) is 10.0 Å². The Hall–Kier alpha value is -0.830. The molecule has 0 atom stereocenters. The van der Waals surface area contributed by atoms with Crippen molar-refractivity contribution >= 4 is 22.0 Å². The first kappa shape index (κ1) is 8.27. The normalized spacial score (nSPS) is 9.64. The van der Waals surface area contributed by atoms with Gasteiger partial charge in [-0.25, -0.2) is 4.39 Å². The summed E-state index contributed by atoms with van der Waals surface area (Å²) >= 11 is 2.99. The van der Waals surface area contributed by atoms with Crippen LogP contribution in [-0.4, -0.2) is 5.11 Å². The molecule has 1 aromatic rings. The number of rotatable bonds is 1. The van der Waals surface area contributed by atoms with Gasteiger partial charge in [-0.3, -0.25) is 0 Å². The Morgan fingerprint density at radius 1 is 1.55 bits per heavy atom. The first-order valence-corrected chi connectivity index (χ1v) is 3.75. The van der Waals surface area contributed by atoms with Crippen LogP contribution < -0.4 is 0 Å². The lowest BCUT2D eigenvalue weighted by molar-refractivity contribution is 0.469. The van der Waals surface area contributed by atoms with E-state index in [-0.39, 0.29) is 5.75 Å². The summed E-state index contributed by atoms with van der Waals surface area (Å²) < 4.78 is 13.2. The molecule has 0 amide bonds. The molecule has 0 heterocycles. The van der Waals surface area contributed by atoms with Crippen molar-refractivity contribution in [3.63, 3.8) is 0 Å². The molecule has 0 radical (unpaired) electrons.